The number of carbonyl (C=O) groups excluding carboxylic acids is 2. The molecule has 2 amide bonds. The summed E-state index contributed by atoms with van der Waals surface area (Å²) in [6, 6.07) is 11.5. The summed E-state index contributed by atoms with van der Waals surface area (Å²) in [7, 11) is 0. The van der Waals surface area contributed by atoms with Gasteiger partial charge in [0.05, 0.1) is 17.2 Å². The lowest BCUT2D eigenvalue weighted by Gasteiger charge is -2.35. The highest BCUT2D eigenvalue weighted by Crippen LogP contribution is 2.24. The SMILES string of the molecule is O=C1NCCN(C(=O)Cn2cnc3ccccc3c2=O)[C@@H]1c1ccc(F)cc1. The van der Waals surface area contributed by atoms with Gasteiger partial charge in [0.15, 0.2) is 0 Å². The molecule has 0 aliphatic carbocycles. The number of carbonyl (C=O) groups is 2. The van der Waals surface area contributed by atoms with E-state index in [0.29, 0.717) is 29.6 Å². The third-order valence-corrected chi connectivity index (χ3v) is 4.76. The molecule has 28 heavy (non-hydrogen) atoms. The fraction of sp³-hybridized carbons (Fsp3) is 0.200. The Morgan fingerprint density at radius 2 is 1.89 bits per heavy atom. The van der Waals surface area contributed by atoms with Crippen molar-refractivity contribution in [2.24, 2.45) is 0 Å². The molecule has 0 bridgehead atoms. The normalized spacial score (nSPS) is 16.8. The van der Waals surface area contributed by atoms with Gasteiger partial charge in [0.1, 0.15) is 18.4 Å². The molecule has 0 spiro atoms. The number of rotatable bonds is 3. The molecule has 1 aromatic heterocycles. The van der Waals surface area contributed by atoms with Crippen LogP contribution in [0.2, 0.25) is 0 Å². The van der Waals surface area contributed by atoms with Crippen LogP contribution in [0.1, 0.15) is 11.6 Å². The Kier molecular flexibility index (Phi) is 4.60. The lowest BCUT2D eigenvalue weighted by atomic mass is 10.0. The number of fused-ring (bicyclic) bond motifs is 1. The van der Waals surface area contributed by atoms with Crippen molar-refractivity contribution in [1.82, 2.24) is 19.8 Å². The summed E-state index contributed by atoms with van der Waals surface area (Å²) < 4.78 is 14.5. The van der Waals surface area contributed by atoms with Gasteiger partial charge in [0, 0.05) is 13.1 Å². The van der Waals surface area contributed by atoms with Crippen LogP contribution in [0.5, 0.6) is 0 Å². The van der Waals surface area contributed by atoms with Crippen molar-refractivity contribution < 1.29 is 14.0 Å². The smallest absolute Gasteiger partial charge is 0.261 e. The summed E-state index contributed by atoms with van der Waals surface area (Å²) in [5, 5.41) is 3.14. The number of aromatic nitrogens is 2. The summed E-state index contributed by atoms with van der Waals surface area (Å²) in [6.45, 7) is 0.372. The van der Waals surface area contributed by atoms with Gasteiger partial charge in [-0.2, -0.15) is 0 Å². The van der Waals surface area contributed by atoms with Gasteiger partial charge in [0.25, 0.3) is 5.56 Å². The molecule has 1 aliphatic rings. The van der Waals surface area contributed by atoms with Crippen LogP contribution in [0.15, 0.2) is 59.7 Å². The van der Waals surface area contributed by atoms with Crippen molar-refractivity contribution in [2.75, 3.05) is 13.1 Å². The van der Waals surface area contributed by atoms with Gasteiger partial charge in [0.2, 0.25) is 11.8 Å². The zero-order valence-electron chi connectivity index (χ0n) is 14.8. The molecular formula is C20H17FN4O3. The number of benzene rings is 2. The summed E-state index contributed by atoms with van der Waals surface area (Å²) in [6.07, 6.45) is 1.33. The van der Waals surface area contributed by atoms with Gasteiger partial charge in [-0.25, -0.2) is 9.37 Å². The zero-order chi connectivity index (χ0) is 19.7. The predicted molar refractivity (Wildman–Crippen MR) is 99.9 cm³/mol. The quantitative estimate of drug-likeness (QED) is 0.741. The van der Waals surface area contributed by atoms with Crippen LogP contribution in [0.25, 0.3) is 10.9 Å². The van der Waals surface area contributed by atoms with Gasteiger partial charge >= 0.3 is 0 Å². The molecule has 0 saturated carbocycles. The van der Waals surface area contributed by atoms with Crippen LogP contribution in [0.3, 0.4) is 0 Å². The molecule has 1 atom stereocenters. The highest BCUT2D eigenvalue weighted by Gasteiger charge is 2.34. The van der Waals surface area contributed by atoms with E-state index in [4.69, 9.17) is 0 Å². The van der Waals surface area contributed by atoms with Crippen LogP contribution in [0.4, 0.5) is 4.39 Å². The van der Waals surface area contributed by atoms with Crippen molar-refractivity contribution >= 4 is 22.7 Å². The largest absolute Gasteiger partial charge is 0.352 e. The predicted octanol–water partition coefficient (Wildman–Crippen LogP) is 1.24. The standard InChI is InChI=1S/C20H17FN4O3/c21-14-7-5-13(6-8-14)18-19(27)22-9-10-25(18)17(26)11-24-12-23-16-4-2-1-3-15(16)20(24)28/h1-8,12,18H,9-11H2,(H,22,27)/t18-/m1/s1. The number of para-hydroxylation sites is 1. The van der Waals surface area contributed by atoms with Crippen molar-refractivity contribution in [1.29, 1.82) is 0 Å². The van der Waals surface area contributed by atoms with E-state index in [1.807, 2.05) is 0 Å². The molecule has 0 radical (unpaired) electrons. The minimum absolute atomic E-state index is 0.234. The first-order valence-corrected chi connectivity index (χ1v) is 8.81. The van der Waals surface area contributed by atoms with Crippen LogP contribution in [-0.2, 0) is 16.1 Å². The fourth-order valence-electron chi connectivity index (χ4n) is 3.37. The molecule has 2 aromatic carbocycles. The second-order valence-corrected chi connectivity index (χ2v) is 6.53. The van der Waals surface area contributed by atoms with Gasteiger partial charge < -0.3 is 10.2 Å². The average molecular weight is 380 g/mol. The monoisotopic (exact) mass is 380 g/mol. The molecule has 142 valence electrons. The molecule has 0 unspecified atom stereocenters. The Morgan fingerprint density at radius 3 is 2.68 bits per heavy atom. The third kappa shape index (κ3) is 3.24. The maximum Gasteiger partial charge on any atom is 0.261 e. The van der Waals surface area contributed by atoms with E-state index in [1.54, 1.807) is 24.3 Å². The maximum atomic E-state index is 13.2. The minimum atomic E-state index is -0.869. The van der Waals surface area contributed by atoms with Crippen LogP contribution in [-0.4, -0.2) is 39.4 Å². The second kappa shape index (κ2) is 7.22. The number of amides is 2. The number of hydrogen-bond acceptors (Lipinski definition) is 4. The lowest BCUT2D eigenvalue weighted by Crippen LogP contribution is -2.53. The lowest BCUT2D eigenvalue weighted by molar-refractivity contribution is -0.144. The Morgan fingerprint density at radius 1 is 1.14 bits per heavy atom. The summed E-state index contributed by atoms with van der Waals surface area (Å²) in [4.78, 5) is 43.6. The number of halogens is 1. The van der Waals surface area contributed by atoms with Crippen LogP contribution < -0.4 is 10.9 Å². The minimum Gasteiger partial charge on any atom is -0.352 e. The van der Waals surface area contributed by atoms with E-state index in [-0.39, 0.29) is 23.9 Å². The number of piperazine rings is 1. The number of hydrogen-bond donors (Lipinski definition) is 1. The van der Waals surface area contributed by atoms with Gasteiger partial charge in [-0.3, -0.25) is 19.0 Å². The molecule has 3 aromatic rings. The van der Waals surface area contributed by atoms with E-state index < -0.39 is 11.9 Å². The molecular weight excluding hydrogens is 363 g/mol. The second-order valence-electron chi connectivity index (χ2n) is 6.53. The highest BCUT2D eigenvalue weighted by molar-refractivity contribution is 5.90. The average Bonchev–Trinajstić information content (AvgIpc) is 2.71. The first-order valence-electron chi connectivity index (χ1n) is 8.81. The van der Waals surface area contributed by atoms with E-state index >= 15 is 0 Å². The van der Waals surface area contributed by atoms with E-state index in [9.17, 15) is 18.8 Å². The molecule has 2 heterocycles. The molecule has 1 saturated heterocycles. The summed E-state index contributed by atoms with van der Waals surface area (Å²) in [5.74, 6) is -1.15. The Bertz CT molecular complexity index is 1110. The molecule has 1 fully saturated rings. The van der Waals surface area contributed by atoms with E-state index in [2.05, 4.69) is 10.3 Å². The zero-order valence-corrected chi connectivity index (χ0v) is 14.8. The molecule has 7 nitrogen and oxygen atoms in total. The molecule has 1 N–H and O–H groups in total. The molecule has 4 rings (SSSR count). The van der Waals surface area contributed by atoms with E-state index in [1.165, 1.54) is 40.1 Å². The summed E-state index contributed by atoms with van der Waals surface area (Å²) in [5.41, 5.74) is 0.743. The molecule has 8 heteroatoms. The topological polar surface area (TPSA) is 84.3 Å². The molecule has 1 aliphatic heterocycles. The first kappa shape index (κ1) is 17.8. The first-order chi connectivity index (χ1) is 13.5. The maximum absolute atomic E-state index is 13.2. The van der Waals surface area contributed by atoms with Gasteiger partial charge in [-0.15, -0.1) is 0 Å². The van der Waals surface area contributed by atoms with Gasteiger partial charge in [-0.1, -0.05) is 24.3 Å². The van der Waals surface area contributed by atoms with Gasteiger partial charge in [-0.05, 0) is 29.8 Å². The number of nitrogens with zero attached hydrogens (tertiary/aromatic N) is 3. The Balaban J connectivity index is 1.64. The summed E-state index contributed by atoms with van der Waals surface area (Å²) >= 11 is 0. The Labute approximate surface area is 159 Å². The third-order valence-electron chi connectivity index (χ3n) is 4.76. The fourth-order valence-corrected chi connectivity index (χ4v) is 3.37. The highest BCUT2D eigenvalue weighted by atomic mass is 19.1. The van der Waals surface area contributed by atoms with Crippen LogP contribution >= 0.6 is 0 Å². The van der Waals surface area contributed by atoms with Crippen molar-refractivity contribution in [3.05, 3.63) is 76.6 Å². The van der Waals surface area contributed by atoms with Crippen LogP contribution in [0, 0.1) is 5.82 Å². The Hall–Kier alpha value is -3.55. The number of nitrogens with one attached hydrogen (secondary N) is 1. The van der Waals surface area contributed by atoms with E-state index in [0.717, 1.165) is 0 Å². The van der Waals surface area contributed by atoms with Crippen molar-refractivity contribution in [3.63, 3.8) is 0 Å². The van der Waals surface area contributed by atoms with Crippen molar-refractivity contribution in [2.45, 2.75) is 12.6 Å². The van der Waals surface area contributed by atoms with Crippen molar-refractivity contribution in [3.8, 4) is 0 Å².